The molecule has 1 aliphatic heterocycles. The third-order valence-corrected chi connectivity index (χ3v) is 6.78. The Hall–Kier alpha value is -2.62. The van der Waals surface area contributed by atoms with Crippen molar-refractivity contribution in [3.63, 3.8) is 0 Å². The van der Waals surface area contributed by atoms with Gasteiger partial charge in [0.15, 0.2) is 16.7 Å². The van der Waals surface area contributed by atoms with Gasteiger partial charge >= 0.3 is 0 Å². The molecule has 0 amide bonds. The average Bonchev–Trinajstić information content (AvgIpc) is 3.07. The van der Waals surface area contributed by atoms with Gasteiger partial charge in [-0.1, -0.05) is 29.8 Å². The molecule has 1 aliphatic rings. The fourth-order valence-corrected chi connectivity index (χ4v) is 4.58. The molecule has 5 nitrogen and oxygen atoms in total. The monoisotopic (exact) mass is 507 g/mol. The number of hydrogen-bond acceptors (Lipinski definition) is 3. The van der Waals surface area contributed by atoms with E-state index >= 15 is 0 Å². The number of anilines is 1. The maximum Gasteiger partial charge on any atom is 0.173 e. The van der Waals surface area contributed by atoms with E-state index < -0.39 is 11.6 Å². The minimum atomic E-state index is -0.829. The molecule has 1 saturated heterocycles. The number of benzene rings is 2. The summed E-state index contributed by atoms with van der Waals surface area (Å²) >= 11 is 11.8. The number of hydrogen-bond donors (Lipinski definition) is 1. The van der Waals surface area contributed by atoms with Gasteiger partial charge < -0.3 is 10.2 Å². The van der Waals surface area contributed by atoms with E-state index in [-0.39, 0.29) is 12.4 Å². The van der Waals surface area contributed by atoms with Crippen LogP contribution in [0, 0.1) is 31.3 Å². The van der Waals surface area contributed by atoms with Gasteiger partial charge in [-0.25, -0.2) is 13.2 Å². The Labute approximate surface area is 207 Å². The van der Waals surface area contributed by atoms with Crippen LogP contribution in [0.1, 0.15) is 22.5 Å². The third-order valence-electron chi connectivity index (χ3n) is 6.07. The van der Waals surface area contributed by atoms with Crippen LogP contribution >= 0.6 is 23.8 Å². The predicted octanol–water partition coefficient (Wildman–Crippen LogP) is 5.13. The van der Waals surface area contributed by atoms with Crippen molar-refractivity contribution >= 4 is 34.6 Å². The first-order valence-electron chi connectivity index (χ1n) is 10.9. The minimum Gasteiger partial charge on any atom is -0.346 e. The van der Waals surface area contributed by atoms with Crippen molar-refractivity contribution in [2.45, 2.75) is 26.9 Å². The van der Waals surface area contributed by atoms with Crippen LogP contribution in [-0.4, -0.2) is 50.9 Å². The van der Waals surface area contributed by atoms with Crippen molar-refractivity contribution in [1.29, 1.82) is 0 Å². The topological polar surface area (TPSA) is 36.3 Å². The van der Waals surface area contributed by atoms with Gasteiger partial charge in [0.1, 0.15) is 5.82 Å². The van der Waals surface area contributed by atoms with E-state index in [0.29, 0.717) is 54.0 Å². The lowest BCUT2D eigenvalue weighted by Gasteiger charge is -2.36. The van der Waals surface area contributed by atoms with Gasteiger partial charge in [0.25, 0.3) is 0 Å². The second-order valence-corrected chi connectivity index (χ2v) is 9.10. The summed E-state index contributed by atoms with van der Waals surface area (Å²) in [5, 5.41) is 8.74. The smallest absolute Gasteiger partial charge is 0.173 e. The highest BCUT2D eigenvalue weighted by Crippen LogP contribution is 2.25. The van der Waals surface area contributed by atoms with Crippen LogP contribution in [0.3, 0.4) is 0 Å². The van der Waals surface area contributed by atoms with E-state index in [1.165, 1.54) is 12.1 Å². The molecule has 0 spiro atoms. The third kappa shape index (κ3) is 5.21. The molecule has 4 rings (SSSR count). The Bertz CT molecular complexity index is 1190. The van der Waals surface area contributed by atoms with Gasteiger partial charge in [-0.3, -0.25) is 9.58 Å². The molecule has 2 aromatic carbocycles. The summed E-state index contributed by atoms with van der Waals surface area (Å²) in [6.45, 7) is 6.96. The zero-order valence-corrected chi connectivity index (χ0v) is 20.5. The Kier molecular flexibility index (Phi) is 7.45. The molecule has 1 N–H and O–H groups in total. The maximum absolute atomic E-state index is 14.2. The van der Waals surface area contributed by atoms with Gasteiger partial charge in [-0.15, -0.1) is 0 Å². The molecule has 0 bridgehead atoms. The summed E-state index contributed by atoms with van der Waals surface area (Å²) in [4.78, 5) is 4.11. The number of nitrogens with one attached hydrogen (secondary N) is 1. The van der Waals surface area contributed by atoms with E-state index in [2.05, 4.69) is 15.3 Å². The Morgan fingerprint density at radius 2 is 1.68 bits per heavy atom. The lowest BCUT2D eigenvalue weighted by atomic mass is 10.1. The van der Waals surface area contributed by atoms with E-state index in [0.717, 1.165) is 23.1 Å². The minimum absolute atomic E-state index is 0.210. The van der Waals surface area contributed by atoms with Crippen molar-refractivity contribution in [1.82, 2.24) is 19.6 Å². The number of piperazine rings is 1. The predicted molar refractivity (Wildman–Crippen MR) is 132 cm³/mol. The number of aryl methyl sites for hydroxylation is 1. The van der Waals surface area contributed by atoms with Crippen molar-refractivity contribution in [3.8, 4) is 0 Å². The molecule has 0 saturated carbocycles. The second kappa shape index (κ2) is 10.3. The summed E-state index contributed by atoms with van der Waals surface area (Å²) in [7, 11) is 0. The van der Waals surface area contributed by atoms with Gasteiger partial charge in [0, 0.05) is 48.9 Å². The first kappa shape index (κ1) is 24.5. The largest absolute Gasteiger partial charge is 0.346 e. The standard InChI is InChI=1S/C24H25ClF3N5S/c1-15-23(16(2)33(30-15)14-18-19(25)6-4-7-20(18)26)29-24(34)32-11-9-31(10-12-32)13-17-5-3-8-21(27)22(17)28/h3-8H,9-14H2,1-2H3,(H,29,34). The van der Waals surface area contributed by atoms with Crippen molar-refractivity contribution in [2.24, 2.45) is 0 Å². The second-order valence-electron chi connectivity index (χ2n) is 8.31. The molecule has 1 aromatic heterocycles. The molecule has 10 heteroatoms. The molecule has 34 heavy (non-hydrogen) atoms. The van der Waals surface area contributed by atoms with Crippen LogP contribution in [0.5, 0.6) is 0 Å². The first-order chi connectivity index (χ1) is 16.2. The molecule has 180 valence electrons. The molecule has 1 fully saturated rings. The van der Waals surface area contributed by atoms with Gasteiger partial charge in [0.05, 0.1) is 23.6 Å². The Morgan fingerprint density at radius 1 is 1.00 bits per heavy atom. The molecular weight excluding hydrogens is 483 g/mol. The SMILES string of the molecule is Cc1nn(Cc2c(F)cccc2Cl)c(C)c1NC(=S)N1CCN(Cc2cccc(F)c2F)CC1. The van der Waals surface area contributed by atoms with Crippen LogP contribution < -0.4 is 5.32 Å². The molecule has 0 aliphatic carbocycles. The van der Waals surface area contributed by atoms with Gasteiger partial charge in [-0.05, 0) is 44.3 Å². The van der Waals surface area contributed by atoms with Gasteiger partial charge in [-0.2, -0.15) is 5.10 Å². The molecular formula is C24H25ClF3N5S. The van der Waals surface area contributed by atoms with Crippen LogP contribution in [0.2, 0.25) is 5.02 Å². The lowest BCUT2D eigenvalue weighted by Crippen LogP contribution is -2.49. The Morgan fingerprint density at radius 3 is 2.38 bits per heavy atom. The van der Waals surface area contributed by atoms with Crippen LogP contribution in [0.4, 0.5) is 18.9 Å². The van der Waals surface area contributed by atoms with Crippen molar-refractivity contribution in [3.05, 3.63) is 81.4 Å². The lowest BCUT2D eigenvalue weighted by molar-refractivity contribution is 0.175. The van der Waals surface area contributed by atoms with E-state index in [1.54, 1.807) is 22.9 Å². The number of rotatable bonds is 5. The molecule has 0 unspecified atom stereocenters. The van der Waals surface area contributed by atoms with E-state index in [1.807, 2.05) is 18.7 Å². The molecule has 3 aromatic rings. The van der Waals surface area contributed by atoms with Crippen LogP contribution in [-0.2, 0) is 13.1 Å². The maximum atomic E-state index is 14.2. The molecule has 2 heterocycles. The van der Waals surface area contributed by atoms with Crippen molar-refractivity contribution in [2.75, 3.05) is 31.5 Å². The fourth-order valence-electron chi connectivity index (χ4n) is 4.07. The summed E-state index contributed by atoms with van der Waals surface area (Å²) < 4.78 is 43.4. The highest BCUT2D eigenvalue weighted by molar-refractivity contribution is 7.80. The van der Waals surface area contributed by atoms with E-state index in [4.69, 9.17) is 23.8 Å². The van der Waals surface area contributed by atoms with E-state index in [9.17, 15) is 13.2 Å². The normalized spacial score (nSPS) is 14.5. The molecule has 0 radical (unpaired) electrons. The summed E-state index contributed by atoms with van der Waals surface area (Å²) in [6.07, 6.45) is 0. The summed E-state index contributed by atoms with van der Waals surface area (Å²) in [6, 6.07) is 8.86. The first-order valence-corrected chi connectivity index (χ1v) is 11.7. The average molecular weight is 508 g/mol. The zero-order chi connectivity index (χ0) is 24.4. The zero-order valence-electron chi connectivity index (χ0n) is 18.9. The number of nitrogens with zero attached hydrogens (tertiary/aromatic N) is 4. The Balaban J connectivity index is 1.38. The number of thiocarbonyl (C=S) groups is 1. The van der Waals surface area contributed by atoms with Gasteiger partial charge in [0.2, 0.25) is 0 Å². The highest BCUT2D eigenvalue weighted by Gasteiger charge is 2.22. The highest BCUT2D eigenvalue weighted by atomic mass is 35.5. The molecule has 0 atom stereocenters. The summed E-state index contributed by atoms with van der Waals surface area (Å²) in [5.74, 6) is -1.99. The van der Waals surface area contributed by atoms with Crippen molar-refractivity contribution < 1.29 is 13.2 Å². The number of halogens is 4. The quantitative estimate of drug-likeness (QED) is 0.484. The van der Waals surface area contributed by atoms with Crippen LogP contribution in [0.25, 0.3) is 0 Å². The van der Waals surface area contributed by atoms with Crippen LogP contribution in [0.15, 0.2) is 36.4 Å². The fraction of sp³-hybridized carbons (Fsp3) is 0.333. The summed E-state index contributed by atoms with van der Waals surface area (Å²) in [5.41, 5.74) is 3.08. The number of aromatic nitrogens is 2.